The number of carbonyl (C=O) groups excluding carboxylic acids is 1. The lowest BCUT2D eigenvalue weighted by Gasteiger charge is -2.02. The van der Waals surface area contributed by atoms with Crippen molar-refractivity contribution in [3.05, 3.63) is 81.8 Å². The van der Waals surface area contributed by atoms with E-state index in [1.165, 1.54) is 30.5 Å². The number of hydrogen-bond donors (Lipinski definition) is 2. The maximum Gasteiger partial charge on any atom is 0.337 e. The molecular formula is C20H11ClFN3O4. The van der Waals surface area contributed by atoms with Crippen LogP contribution in [0.25, 0.3) is 11.3 Å². The van der Waals surface area contributed by atoms with Gasteiger partial charge in [0.25, 0.3) is 5.91 Å². The molecule has 0 atom stereocenters. The molecule has 29 heavy (non-hydrogen) atoms. The van der Waals surface area contributed by atoms with Gasteiger partial charge in [0, 0.05) is 5.56 Å². The second-order valence-corrected chi connectivity index (χ2v) is 6.11. The van der Waals surface area contributed by atoms with Gasteiger partial charge in [0.2, 0.25) is 0 Å². The summed E-state index contributed by atoms with van der Waals surface area (Å²) >= 11 is 5.85. The Kier molecular flexibility index (Phi) is 5.71. The predicted octanol–water partition coefficient (Wildman–Crippen LogP) is 4.07. The van der Waals surface area contributed by atoms with E-state index in [0.717, 1.165) is 6.07 Å². The van der Waals surface area contributed by atoms with Crippen LogP contribution in [0.4, 0.5) is 4.39 Å². The fourth-order valence-corrected chi connectivity index (χ4v) is 2.60. The number of nitriles is 1. The summed E-state index contributed by atoms with van der Waals surface area (Å²) in [6, 6.07) is 12.8. The van der Waals surface area contributed by atoms with Crippen LogP contribution in [0.2, 0.25) is 5.02 Å². The lowest BCUT2D eigenvalue weighted by Crippen LogP contribution is -2.19. The number of furan rings is 1. The Morgan fingerprint density at radius 3 is 2.66 bits per heavy atom. The van der Waals surface area contributed by atoms with Crippen LogP contribution in [0, 0.1) is 17.1 Å². The van der Waals surface area contributed by atoms with Crippen molar-refractivity contribution in [1.29, 1.82) is 5.26 Å². The molecule has 0 saturated heterocycles. The molecule has 144 valence electrons. The smallest absolute Gasteiger partial charge is 0.337 e. The lowest BCUT2D eigenvalue weighted by atomic mass is 10.1. The fraction of sp³-hybridized carbons (Fsp3) is 0. The summed E-state index contributed by atoms with van der Waals surface area (Å²) in [6.45, 7) is 0. The average molecular weight is 412 g/mol. The van der Waals surface area contributed by atoms with Gasteiger partial charge in [-0.3, -0.25) is 4.79 Å². The van der Waals surface area contributed by atoms with Gasteiger partial charge in [-0.25, -0.2) is 14.6 Å². The summed E-state index contributed by atoms with van der Waals surface area (Å²) < 4.78 is 19.4. The van der Waals surface area contributed by atoms with Gasteiger partial charge >= 0.3 is 5.97 Å². The first kappa shape index (κ1) is 19.8. The molecule has 0 fully saturated rings. The molecule has 3 rings (SSSR count). The highest BCUT2D eigenvalue weighted by Crippen LogP contribution is 2.26. The van der Waals surface area contributed by atoms with Gasteiger partial charge in [0.1, 0.15) is 17.3 Å². The van der Waals surface area contributed by atoms with Gasteiger partial charge in [-0.1, -0.05) is 11.6 Å². The first-order valence-electron chi connectivity index (χ1n) is 8.05. The van der Waals surface area contributed by atoms with Crippen molar-refractivity contribution < 1.29 is 23.5 Å². The third-order valence-electron chi connectivity index (χ3n) is 3.81. The second-order valence-electron chi connectivity index (χ2n) is 5.71. The molecule has 0 aliphatic carbocycles. The fourth-order valence-electron chi connectivity index (χ4n) is 2.40. The predicted molar refractivity (Wildman–Crippen MR) is 102 cm³/mol. The van der Waals surface area contributed by atoms with Gasteiger partial charge in [-0.2, -0.15) is 10.4 Å². The van der Waals surface area contributed by atoms with Crippen molar-refractivity contribution >= 4 is 29.7 Å². The molecule has 0 saturated carbocycles. The molecular weight excluding hydrogens is 401 g/mol. The standard InChI is InChI=1S/C20H11ClFN3O4/c21-16-5-2-12(8-15(16)20(27)28)18-6-3-13(29-18)10-24-25-19(26)14-4-1-11(9-23)7-17(14)22/h1-8,10H,(H,25,26)(H,27,28)/b24-10+. The molecule has 0 spiro atoms. The summed E-state index contributed by atoms with van der Waals surface area (Å²) in [7, 11) is 0. The van der Waals surface area contributed by atoms with Crippen LogP contribution in [-0.2, 0) is 0 Å². The molecule has 2 N–H and O–H groups in total. The van der Waals surface area contributed by atoms with Crippen LogP contribution in [0.3, 0.4) is 0 Å². The number of halogens is 2. The lowest BCUT2D eigenvalue weighted by molar-refractivity contribution is 0.0696. The highest BCUT2D eigenvalue weighted by Gasteiger charge is 2.13. The van der Waals surface area contributed by atoms with Crippen LogP contribution in [0.15, 0.2) is 58.0 Å². The minimum absolute atomic E-state index is 0.0625. The van der Waals surface area contributed by atoms with E-state index in [1.54, 1.807) is 24.3 Å². The summed E-state index contributed by atoms with van der Waals surface area (Å²) in [5.41, 5.74) is 2.43. The van der Waals surface area contributed by atoms with E-state index >= 15 is 0 Å². The maximum absolute atomic E-state index is 13.8. The zero-order valence-electron chi connectivity index (χ0n) is 14.5. The Morgan fingerprint density at radius 2 is 1.97 bits per heavy atom. The van der Waals surface area contributed by atoms with Crippen LogP contribution in [0.5, 0.6) is 0 Å². The number of carboxylic acid groups (broad SMARTS) is 1. The number of carbonyl (C=O) groups is 2. The molecule has 0 aliphatic heterocycles. The van der Waals surface area contributed by atoms with Crippen molar-refractivity contribution in [3.8, 4) is 17.4 Å². The number of hydrogen-bond acceptors (Lipinski definition) is 5. The third-order valence-corrected chi connectivity index (χ3v) is 4.14. The Labute approximate surface area is 168 Å². The van der Waals surface area contributed by atoms with E-state index in [4.69, 9.17) is 26.4 Å². The number of nitrogens with one attached hydrogen (secondary N) is 1. The van der Waals surface area contributed by atoms with Crippen molar-refractivity contribution in [2.24, 2.45) is 5.10 Å². The van der Waals surface area contributed by atoms with Crippen LogP contribution in [-0.4, -0.2) is 23.2 Å². The molecule has 0 unspecified atom stereocenters. The van der Waals surface area contributed by atoms with Crippen LogP contribution in [0.1, 0.15) is 32.0 Å². The van der Waals surface area contributed by atoms with Crippen molar-refractivity contribution in [2.75, 3.05) is 0 Å². The van der Waals surface area contributed by atoms with Crippen molar-refractivity contribution in [1.82, 2.24) is 5.43 Å². The zero-order valence-corrected chi connectivity index (χ0v) is 15.3. The molecule has 1 amide bonds. The zero-order chi connectivity index (χ0) is 21.0. The Bertz CT molecular complexity index is 1180. The quantitative estimate of drug-likeness (QED) is 0.485. The monoisotopic (exact) mass is 411 g/mol. The number of hydrazone groups is 1. The highest BCUT2D eigenvalue weighted by molar-refractivity contribution is 6.33. The van der Waals surface area contributed by atoms with Crippen LogP contribution < -0.4 is 5.43 Å². The molecule has 2 aromatic carbocycles. The van der Waals surface area contributed by atoms with E-state index in [2.05, 4.69) is 10.5 Å². The molecule has 7 nitrogen and oxygen atoms in total. The van der Waals surface area contributed by atoms with Gasteiger partial charge in [0.15, 0.2) is 0 Å². The van der Waals surface area contributed by atoms with E-state index in [1.807, 2.05) is 0 Å². The third kappa shape index (κ3) is 4.48. The minimum atomic E-state index is -1.16. The average Bonchev–Trinajstić information content (AvgIpc) is 3.16. The topological polar surface area (TPSA) is 116 Å². The Hall–Kier alpha value is -3.96. The highest BCUT2D eigenvalue weighted by atomic mass is 35.5. The molecule has 0 bridgehead atoms. The summed E-state index contributed by atoms with van der Waals surface area (Å²) in [4.78, 5) is 23.1. The summed E-state index contributed by atoms with van der Waals surface area (Å²) in [6.07, 6.45) is 1.21. The molecule has 9 heteroatoms. The summed E-state index contributed by atoms with van der Waals surface area (Å²) in [5.74, 6) is -2.15. The van der Waals surface area contributed by atoms with E-state index < -0.39 is 17.7 Å². The normalized spacial score (nSPS) is 10.7. The van der Waals surface area contributed by atoms with E-state index in [0.29, 0.717) is 11.3 Å². The van der Waals surface area contributed by atoms with E-state index in [-0.39, 0.29) is 27.5 Å². The molecule has 1 heterocycles. The van der Waals surface area contributed by atoms with Crippen LogP contribution >= 0.6 is 11.6 Å². The number of amides is 1. The molecule has 1 aromatic heterocycles. The van der Waals surface area contributed by atoms with Gasteiger partial charge in [-0.15, -0.1) is 0 Å². The van der Waals surface area contributed by atoms with Crippen molar-refractivity contribution in [3.63, 3.8) is 0 Å². The number of benzene rings is 2. The Balaban J connectivity index is 1.71. The van der Waals surface area contributed by atoms with Crippen molar-refractivity contribution in [2.45, 2.75) is 0 Å². The molecule has 3 aromatic rings. The van der Waals surface area contributed by atoms with Gasteiger partial charge in [-0.05, 0) is 48.5 Å². The SMILES string of the molecule is N#Cc1ccc(C(=O)N/N=C/c2ccc(-c3ccc(Cl)c(C(=O)O)c3)o2)c(F)c1. The number of carboxylic acids is 1. The molecule has 0 radical (unpaired) electrons. The second kappa shape index (κ2) is 8.37. The maximum atomic E-state index is 13.8. The molecule has 0 aliphatic rings. The Morgan fingerprint density at radius 1 is 1.17 bits per heavy atom. The largest absolute Gasteiger partial charge is 0.478 e. The minimum Gasteiger partial charge on any atom is -0.478 e. The number of rotatable bonds is 5. The van der Waals surface area contributed by atoms with Gasteiger partial charge < -0.3 is 9.52 Å². The first-order chi connectivity index (χ1) is 13.9. The van der Waals surface area contributed by atoms with Gasteiger partial charge in [0.05, 0.1) is 34.0 Å². The number of aromatic carboxylic acids is 1. The van der Waals surface area contributed by atoms with E-state index in [9.17, 15) is 14.0 Å². The number of nitrogens with zero attached hydrogens (tertiary/aromatic N) is 2. The summed E-state index contributed by atoms with van der Waals surface area (Å²) in [5, 5.41) is 21.7. The first-order valence-corrected chi connectivity index (χ1v) is 8.43.